The number of aliphatic carboxylic acids is 1. The molecule has 0 aromatic heterocycles. The Morgan fingerprint density at radius 1 is 0.960 bits per heavy atom. The maximum Gasteiger partial charge on any atom is 0.326 e. The van der Waals surface area contributed by atoms with Crippen molar-refractivity contribution in [3.63, 3.8) is 0 Å². The molecule has 2 aromatic carbocycles. The Kier molecular flexibility index (Phi) is 6.30. The van der Waals surface area contributed by atoms with E-state index in [2.05, 4.69) is 5.32 Å². The monoisotopic (exact) mass is 361 g/mol. The number of carboxylic acid groups (broad SMARTS) is 1. The zero-order valence-corrected chi connectivity index (χ0v) is 14.3. The molecule has 0 fully saturated rings. The average molecular weight is 361 g/mol. The smallest absolute Gasteiger partial charge is 0.326 e. The molecule has 0 saturated heterocycles. The second-order valence-electron chi connectivity index (χ2n) is 5.54. The van der Waals surface area contributed by atoms with E-state index in [0.29, 0.717) is 0 Å². The van der Waals surface area contributed by atoms with E-state index < -0.39 is 27.8 Å². The molecule has 2 rings (SSSR count). The van der Waals surface area contributed by atoms with Crippen molar-refractivity contribution in [3.05, 3.63) is 66.2 Å². The third-order valence-electron chi connectivity index (χ3n) is 3.62. The predicted molar refractivity (Wildman–Crippen MR) is 92.8 cm³/mol. The van der Waals surface area contributed by atoms with Crippen LogP contribution in [0.25, 0.3) is 0 Å². The average Bonchev–Trinajstić information content (AvgIpc) is 2.60. The molecule has 1 amide bonds. The van der Waals surface area contributed by atoms with E-state index in [4.69, 9.17) is 0 Å². The van der Waals surface area contributed by atoms with E-state index >= 15 is 0 Å². The Morgan fingerprint density at radius 2 is 1.52 bits per heavy atom. The molecule has 0 spiro atoms. The van der Waals surface area contributed by atoms with Crippen molar-refractivity contribution >= 4 is 21.7 Å². The molecule has 0 saturated carbocycles. The highest BCUT2D eigenvalue weighted by Gasteiger charge is 2.24. The molecule has 0 heterocycles. The summed E-state index contributed by atoms with van der Waals surface area (Å²) in [5.74, 6) is -2.08. The number of carbonyl (C=O) groups excluding carboxylic acids is 1. The number of benzene rings is 2. The van der Waals surface area contributed by atoms with Crippen molar-refractivity contribution in [3.8, 4) is 0 Å². The number of carboxylic acids is 1. The highest BCUT2D eigenvalue weighted by Crippen LogP contribution is 2.12. The fourth-order valence-corrected chi connectivity index (χ4v) is 3.66. The largest absolute Gasteiger partial charge is 0.480 e. The fourth-order valence-electron chi connectivity index (χ4n) is 2.30. The fraction of sp³-hybridized carbons (Fsp3) is 0.222. The van der Waals surface area contributed by atoms with Gasteiger partial charge in [0.05, 0.1) is 17.1 Å². The van der Waals surface area contributed by atoms with Crippen LogP contribution in [0.15, 0.2) is 65.6 Å². The van der Waals surface area contributed by atoms with Crippen LogP contribution in [0, 0.1) is 0 Å². The second-order valence-corrected chi connectivity index (χ2v) is 7.65. The molecule has 7 heteroatoms. The van der Waals surface area contributed by atoms with Crippen molar-refractivity contribution in [1.82, 2.24) is 5.32 Å². The molecule has 0 unspecified atom stereocenters. The van der Waals surface area contributed by atoms with Gasteiger partial charge in [0.2, 0.25) is 5.91 Å². The van der Waals surface area contributed by atoms with E-state index in [1.54, 1.807) is 42.5 Å². The van der Waals surface area contributed by atoms with Gasteiger partial charge in [0.25, 0.3) is 0 Å². The van der Waals surface area contributed by atoms with E-state index in [9.17, 15) is 23.1 Å². The number of sulfone groups is 1. The summed E-state index contributed by atoms with van der Waals surface area (Å²) in [5.41, 5.74) is 0.751. The highest BCUT2D eigenvalue weighted by atomic mass is 32.2. The minimum absolute atomic E-state index is 0.0378. The van der Waals surface area contributed by atoms with Crippen LogP contribution in [0.3, 0.4) is 0 Å². The van der Waals surface area contributed by atoms with Gasteiger partial charge in [-0.3, -0.25) is 4.79 Å². The van der Waals surface area contributed by atoms with Gasteiger partial charge < -0.3 is 10.4 Å². The maximum atomic E-state index is 12.2. The zero-order valence-electron chi connectivity index (χ0n) is 13.5. The first kappa shape index (κ1) is 18.7. The van der Waals surface area contributed by atoms with Crippen LogP contribution in [-0.4, -0.2) is 37.2 Å². The summed E-state index contributed by atoms with van der Waals surface area (Å²) < 4.78 is 24.5. The van der Waals surface area contributed by atoms with Gasteiger partial charge in [-0.2, -0.15) is 0 Å². The summed E-state index contributed by atoms with van der Waals surface area (Å²) in [6.07, 6.45) is -0.164. The third-order valence-corrected chi connectivity index (χ3v) is 5.38. The number of nitrogens with one attached hydrogen (secondary N) is 1. The number of amides is 1. The van der Waals surface area contributed by atoms with Crippen molar-refractivity contribution in [2.24, 2.45) is 0 Å². The van der Waals surface area contributed by atoms with Gasteiger partial charge in [0.1, 0.15) is 6.04 Å². The summed E-state index contributed by atoms with van der Waals surface area (Å²) in [5, 5.41) is 11.6. The van der Waals surface area contributed by atoms with Gasteiger partial charge in [-0.1, -0.05) is 48.5 Å². The lowest BCUT2D eigenvalue weighted by molar-refractivity contribution is -0.141. The van der Waals surface area contributed by atoms with Crippen LogP contribution in [-0.2, 0) is 25.8 Å². The molecule has 2 N–H and O–H groups in total. The van der Waals surface area contributed by atoms with Crippen molar-refractivity contribution < 1.29 is 23.1 Å². The zero-order chi connectivity index (χ0) is 18.3. The standard InChI is InChI=1S/C18H19NO5S/c20-17(13-14-7-3-1-4-8-14)19-16(18(21)22)11-12-25(23,24)15-9-5-2-6-10-15/h1-10,16H,11-13H2,(H,19,20)(H,21,22)/t16-/m0/s1. The lowest BCUT2D eigenvalue weighted by Gasteiger charge is -2.15. The van der Waals surface area contributed by atoms with Crippen LogP contribution in [0.4, 0.5) is 0 Å². The van der Waals surface area contributed by atoms with E-state index in [0.717, 1.165) is 5.56 Å². The van der Waals surface area contributed by atoms with E-state index in [1.165, 1.54) is 12.1 Å². The molecule has 0 radical (unpaired) electrons. The van der Waals surface area contributed by atoms with Gasteiger partial charge in [0, 0.05) is 0 Å². The van der Waals surface area contributed by atoms with Crippen molar-refractivity contribution in [2.45, 2.75) is 23.8 Å². The van der Waals surface area contributed by atoms with Crippen LogP contribution in [0.2, 0.25) is 0 Å². The van der Waals surface area contributed by atoms with Crippen LogP contribution >= 0.6 is 0 Å². The van der Waals surface area contributed by atoms with Gasteiger partial charge in [-0.05, 0) is 24.1 Å². The molecule has 0 aliphatic heterocycles. The minimum Gasteiger partial charge on any atom is -0.480 e. The molecule has 1 atom stereocenters. The molecule has 0 bridgehead atoms. The SMILES string of the molecule is O=C(Cc1ccccc1)N[C@@H](CCS(=O)(=O)c1ccccc1)C(=O)O. The van der Waals surface area contributed by atoms with E-state index in [-0.39, 0.29) is 23.5 Å². The van der Waals surface area contributed by atoms with Gasteiger partial charge in [-0.25, -0.2) is 13.2 Å². The Hall–Kier alpha value is -2.67. The first-order valence-corrected chi connectivity index (χ1v) is 9.37. The quantitative estimate of drug-likeness (QED) is 0.745. The molecule has 6 nitrogen and oxygen atoms in total. The molecule has 132 valence electrons. The normalized spacial score (nSPS) is 12.3. The van der Waals surface area contributed by atoms with Gasteiger partial charge >= 0.3 is 5.97 Å². The molecular formula is C18H19NO5S. The van der Waals surface area contributed by atoms with Gasteiger partial charge in [0.15, 0.2) is 9.84 Å². The number of carbonyl (C=O) groups is 2. The van der Waals surface area contributed by atoms with Gasteiger partial charge in [-0.15, -0.1) is 0 Å². The molecule has 2 aromatic rings. The number of hydrogen-bond donors (Lipinski definition) is 2. The number of hydrogen-bond acceptors (Lipinski definition) is 4. The van der Waals surface area contributed by atoms with Crippen LogP contribution in [0.1, 0.15) is 12.0 Å². The predicted octanol–water partition coefficient (Wildman–Crippen LogP) is 1.66. The Balaban J connectivity index is 1.97. The summed E-state index contributed by atoms with van der Waals surface area (Å²) in [6.45, 7) is 0. The lowest BCUT2D eigenvalue weighted by Crippen LogP contribution is -2.42. The van der Waals surface area contributed by atoms with Crippen molar-refractivity contribution in [1.29, 1.82) is 0 Å². The third kappa shape index (κ3) is 5.72. The summed E-state index contributed by atoms with van der Waals surface area (Å²) in [6, 6.07) is 15.5. The topological polar surface area (TPSA) is 101 Å². The first-order valence-electron chi connectivity index (χ1n) is 7.72. The lowest BCUT2D eigenvalue weighted by atomic mass is 10.1. The maximum absolute atomic E-state index is 12.2. The highest BCUT2D eigenvalue weighted by molar-refractivity contribution is 7.91. The molecular weight excluding hydrogens is 342 g/mol. The first-order chi connectivity index (χ1) is 11.9. The van der Waals surface area contributed by atoms with E-state index in [1.807, 2.05) is 6.07 Å². The minimum atomic E-state index is -3.60. The molecule has 0 aliphatic carbocycles. The van der Waals surface area contributed by atoms with Crippen molar-refractivity contribution in [2.75, 3.05) is 5.75 Å². The summed E-state index contributed by atoms with van der Waals surface area (Å²) in [4.78, 5) is 23.5. The molecule has 0 aliphatic rings. The second kappa shape index (κ2) is 8.43. The summed E-state index contributed by atoms with van der Waals surface area (Å²) >= 11 is 0. The Morgan fingerprint density at radius 3 is 2.08 bits per heavy atom. The van der Waals surface area contributed by atoms with Crippen LogP contribution < -0.4 is 5.32 Å². The van der Waals surface area contributed by atoms with Crippen LogP contribution in [0.5, 0.6) is 0 Å². The number of rotatable bonds is 8. The summed E-state index contributed by atoms with van der Waals surface area (Å²) in [7, 11) is -3.60. The Bertz CT molecular complexity index is 819. The Labute approximate surface area is 146 Å². The molecule has 25 heavy (non-hydrogen) atoms.